The van der Waals surface area contributed by atoms with Gasteiger partial charge in [-0.1, -0.05) is 36.0 Å². The Morgan fingerprint density at radius 2 is 2.13 bits per heavy atom. The van der Waals surface area contributed by atoms with Crippen LogP contribution < -0.4 is 0 Å². The summed E-state index contributed by atoms with van der Waals surface area (Å²) in [6, 6.07) is 0. The monoisotopic (exact) mass is 202 g/mol. The molecule has 0 saturated carbocycles. The highest BCUT2D eigenvalue weighted by molar-refractivity contribution is 5.95. The summed E-state index contributed by atoms with van der Waals surface area (Å²) < 4.78 is 4.94. The summed E-state index contributed by atoms with van der Waals surface area (Å²) in [7, 11) is 0. The van der Waals surface area contributed by atoms with Crippen LogP contribution in [0, 0.1) is 5.92 Å². The van der Waals surface area contributed by atoms with Crippen LogP contribution in [0.1, 0.15) is 13.8 Å². The maximum Gasteiger partial charge on any atom is 0.338 e. The molecule has 2 heteroatoms. The molecule has 1 heterocycles. The third-order valence-corrected chi connectivity index (χ3v) is 2.46. The van der Waals surface area contributed by atoms with Gasteiger partial charge in [0.05, 0.1) is 5.57 Å². The highest BCUT2D eigenvalue weighted by atomic mass is 16.5. The second-order valence-corrected chi connectivity index (χ2v) is 4.05. The van der Waals surface area contributed by atoms with Gasteiger partial charge in [0.1, 0.15) is 6.61 Å². The van der Waals surface area contributed by atoms with Crippen LogP contribution in [0.5, 0.6) is 0 Å². The summed E-state index contributed by atoms with van der Waals surface area (Å²) in [4.78, 5) is 11.3. The van der Waals surface area contributed by atoms with E-state index in [0.717, 1.165) is 5.57 Å². The van der Waals surface area contributed by atoms with Gasteiger partial charge in [-0.25, -0.2) is 4.79 Å². The van der Waals surface area contributed by atoms with E-state index in [9.17, 15) is 4.79 Å². The minimum absolute atomic E-state index is 0.205. The summed E-state index contributed by atoms with van der Waals surface area (Å²) in [6.07, 6.45) is 10.1. The molecule has 0 N–H and O–H groups in total. The minimum atomic E-state index is -0.205. The van der Waals surface area contributed by atoms with Crippen LogP contribution in [-0.4, -0.2) is 12.6 Å². The number of rotatable bonds is 1. The second-order valence-electron chi connectivity index (χ2n) is 4.05. The number of carbonyl (C=O) groups is 1. The lowest BCUT2D eigenvalue weighted by Gasteiger charge is -2.01. The average molecular weight is 202 g/mol. The molecule has 1 atom stereocenters. The zero-order valence-electron chi connectivity index (χ0n) is 8.99. The molecule has 0 amide bonds. The van der Waals surface area contributed by atoms with Crippen molar-refractivity contribution in [1.82, 2.24) is 0 Å². The van der Waals surface area contributed by atoms with Crippen LogP contribution in [0.3, 0.4) is 0 Å². The molecule has 2 aliphatic rings. The normalized spacial score (nSPS) is 23.6. The first-order chi connectivity index (χ1) is 7.16. The van der Waals surface area contributed by atoms with Crippen LogP contribution in [0.4, 0.5) is 0 Å². The molecular formula is C13H14O2. The third-order valence-electron chi connectivity index (χ3n) is 2.46. The van der Waals surface area contributed by atoms with Crippen LogP contribution in [-0.2, 0) is 9.53 Å². The van der Waals surface area contributed by atoms with E-state index in [1.54, 1.807) is 0 Å². The van der Waals surface area contributed by atoms with Crippen molar-refractivity contribution in [3.05, 3.63) is 47.1 Å². The molecule has 0 bridgehead atoms. The fourth-order valence-corrected chi connectivity index (χ4v) is 1.74. The molecule has 0 fully saturated rings. The lowest BCUT2D eigenvalue weighted by atomic mass is 10.1. The number of hydrogen-bond donors (Lipinski definition) is 0. The second kappa shape index (κ2) is 3.89. The van der Waals surface area contributed by atoms with Crippen LogP contribution in [0.15, 0.2) is 47.1 Å². The molecule has 15 heavy (non-hydrogen) atoms. The van der Waals surface area contributed by atoms with E-state index in [1.165, 1.54) is 5.57 Å². The van der Waals surface area contributed by atoms with Gasteiger partial charge in [0.25, 0.3) is 0 Å². The first kappa shape index (κ1) is 9.97. The number of allylic oxidation sites excluding steroid dienone is 4. The first-order valence-electron chi connectivity index (χ1n) is 5.08. The number of ether oxygens (including phenoxy) is 1. The maximum absolute atomic E-state index is 11.3. The van der Waals surface area contributed by atoms with Crippen molar-refractivity contribution in [2.75, 3.05) is 6.61 Å². The van der Waals surface area contributed by atoms with Gasteiger partial charge in [-0.05, 0) is 13.8 Å². The quantitative estimate of drug-likeness (QED) is 0.482. The van der Waals surface area contributed by atoms with Gasteiger partial charge in [-0.3, -0.25) is 0 Å². The molecule has 1 unspecified atom stereocenters. The average Bonchev–Trinajstić information content (AvgIpc) is 2.40. The van der Waals surface area contributed by atoms with Crippen LogP contribution >= 0.6 is 0 Å². The summed E-state index contributed by atoms with van der Waals surface area (Å²) >= 11 is 0. The van der Waals surface area contributed by atoms with E-state index in [4.69, 9.17) is 4.74 Å². The molecule has 2 nitrogen and oxygen atoms in total. The summed E-state index contributed by atoms with van der Waals surface area (Å²) in [5.41, 5.74) is 2.97. The maximum atomic E-state index is 11.3. The molecule has 1 aliphatic carbocycles. The Morgan fingerprint density at radius 1 is 1.40 bits per heavy atom. The first-order valence-corrected chi connectivity index (χ1v) is 5.08. The lowest BCUT2D eigenvalue weighted by molar-refractivity contribution is -0.135. The van der Waals surface area contributed by atoms with Gasteiger partial charge in [-0.15, -0.1) is 0 Å². The molecule has 2 rings (SSSR count). The van der Waals surface area contributed by atoms with Gasteiger partial charge in [0.2, 0.25) is 0 Å². The summed E-state index contributed by atoms with van der Waals surface area (Å²) in [5.74, 6) is 0.0807. The van der Waals surface area contributed by atoms with Crippen LogP contribution in [0.2, 0.25) is 0 Å². The minimum Gasteiger partial charge on any atom is -0.457 e. The molecule has 0 aromatic rings. The molecular weight excluding hydrogens is 188 g/mol. The molecule has 0 radical (unpaired) electrons. The Labute approximate surface area is 89.6 Å². The predicted octanol–water partition coefficient (Wildman–Crippen LogP) is 2.55. The van der Waals surface area contributed by atoms with Gasteiger partial charge < -0.3 is 4.74 Å². The number of esters is 1. The van der Waals surface area contributed by atoms with Crippen molar-refractivity contribution in [1.29, 1.82) is 0 Å². The summed E-state index contributed by atoms with van der Waals surface area (Å²) in [5, 5.41) is 0. The largest absolute Gasteiger partial charge is 0.457 e. The number of carbonyl (C=O) groups excluding carboxylic acids is 1. The van der Waals surface area contributed by atoms with Crippen molar-refractivity contribution < 1.29 is 9.53 Å². The van der Waals surface area contributed by atoms with Crippen molar-refractivity contribution in [3.8, 4) is 0 Å². The highest BCUT2D eigenvalue weighted by Gasteiger charge is 2.22. The Kier molecular flexibility index (Phi) is 2.58. The van der Waals surface area contributed by atoms with E-state index < -0.39 is 0 Å². The number of hydrogen-bond acceptors (Lipinski definition) is 2. The van der Waals surface area contributed by atoms with Crippen molar-refractivity contribution in [3.63, 3.8) is 0 Å². The summed E-state index contributed by atoms with van der Waals surface area (Å²) in [6.45, 7) is 4.56. The Hall–Kier alpha value is -1.57. The lowest BCUT2D eigenvalue weighted by Crippen LogP contribution is -1.97. The predicted molar refractivity (Wildman–Crippen MR) is 59.2 cm³/mol. The highest BCUT2D eigenvalue weighted by Crippen LogP contribution is 2.23. The van der Waals surface area contributed by atoms with E-state index in [1.807, 2.05) is 18.2 Å². The Bertz CT molecular complexity index is 404. The Balaban J connectivity index is 2.25. The van der Waals surface area contributed by atoms with Gasteiger partial charge in [-0.2, -0.15) is 0 Å². The molecule has 0 aromatic carbocycles. The Morgan fingerprint density at radius 3 is 2.87 bits per heavy atom. The molecule has 0 spiro atoms. The molecule has 1 aliphatic heterocycles. The van der Waals surface area contributed by atoms with Crippen LogP contribution in [0.25, 0.3) is 0 Å². The molecule has 0 aromatic heterocycles. The zero-order chi connectivity index (χ0) is 10.8. The molecule has 78 valence electrons. The van der Waals surface area contributed by atoms with Crippen molar-refractivity contribution in [2.24, 2.45) is 5.92 Å². The fraction of sp³-hybridized carbons (Fsp3) is 0.308. The van der Waals surface area contributed by atoms with E-state index in [2.05, 4.69) is 26.0 Å². The SMILES string of the molecule is CC(C)=CC1C=CC2=C(C=C1)C(=O)OC2. The van der Waals surface area contributed by atoms with Crippen molar-refractivity contribution in [2.45, 2.75) is 13.8 Å². The zero-order valence-corrected chi connectivity index (χ0v) is 8.99. The van der Waals surface area contributed by atoms with Gasteiger partial charge >= 0.3 is 5.97 Å². The fourth-order valence-electron chi connectivity index (χ4n) is 1.74. The van der Waals surface area contributed by atoms with Gasteiger partial charge in [0.15, 0.2) is 0 Å². The van der Waals surface area contributed by atoms with E-state index in [-0.39, 0.29) is 11.9 Å². The van der Waals surface area contributed by atoms with Crippen molar-refractivity contribution >= 4 is 5.97 Å². The van der Waals surface area contributed by atoms with Gasteiger partial charge in [0, 0.05) is 11.5 Å². The topological polar surface area (TPSA) is 26.3 Å². The smallest absolute Gasteiger partial charge is 0.338 e. The molecule has 0 saturated heterocycles. The number of cyclic esters (lactones) is 1. The standard InChI is InChI=1S/C13H14O2/c1-9(2)7-10-3-5-11-8-15-13(14)12(11)6-4-10/h3-7,10H,8H2,1-2H3. The van der Waals surface area contributed by atoms with E-state index in [0.29, 0.717) is 12.2 Å². The van der Waals surface area contributed by atoms with E-state index >= 15 is 0 Å². The third kappa shape index (κ3) is 2.09.